The Labute approximate surface area is 439 Å². The smallest absolute Gasteiger partial charge is 0.264 e. The molecule has 0 spiro atoms. The van der Waals surface area contributed by atoms with E-state index in [1.54, 1.807) is 18.2 Å². The molecular weight excluding hydrogens is 1140 g/mol. The molecule has 7 N–H and O–H groups in total. The summed E-state index contributed by atoms with van der Waals surface area (Å²) in [6.45, 7) is 1.38. The third-order valence-corrected chi connectivity index (χ3v) is 16.0. The van der Waals surface area contributed by atoms with E-state index in [-0.39, 0.29) is 69.2 Å². The lowest BCUT2D eigenvalue weighted by Crippen LogP contribution is -2.14. The molecule has 29 heteroatoms. The molecule has 0 atom stereocenters. The monoisotopic (exact) mass is 1170 g/mol. The zero-order valence-corrected chi connectivity index (χ0v) is 42.5. The number of nitrogens with zero attached hydrogens (tertiary/aromatic N) is 3. The van der Waals surface area contributed by atoms with Crippen LogP contribution in [0.25, 0.3) is 43.7 Å². The SMILES string of the molecule is Cc1cc(F)c(NS(=O)(=O)c2c[nH]c3nc(Cl)ccc23)cc1F.N#Cc1c(Cl)ccc2c(S(=O)(=O)Nc3cc(F)c(Cl)cc3F)c[nH]c12.O=S(=O)(Nc1cc(F)c(Cl)cc1F)c1c[nH]c2c1ccc1ccc(O)nc12. The Morgan fingerprint density at radius 2 is 0.987 bits per heavy atom. The zero-order chi connectivity index (χ0) is 54.5. The van der Waals surface area contributed by atoms with E-state index in [1.165, 1.54) is 49.6 Å². The number of aryl methyl sites for hydroxylation is 1. The largest absolute Gasteiger partial charge is 0.493 e. The molecule has 0 amide bonds. The Morgan fingerprint density at radius 3 is 1.55 bits per heavy atom. The van der Waals surface area contributed by atoms with Gasteiger partial charge in [0.2, 0.25) is 5.88 Å². The number of hydrogen-bond acceptors (Lipinski definition) is 10. The summed E-state index contributed by atoms with van der Waals surface area (Å²) in [7, 11) is -12.7. The summed E-state index contributed by atoms with van der Waals surface area (Å²) < 4.78 is 164. The quantitative estimate of drug-likeness (QED) is 0.0409. The highest BCUT2D eigenvalue weighted by Gasteiger charge is 2.26. The predicted molar refractivity (Wildman–Crippen MR) is 271 cm³/mol. The number of H-pyrrole nitrogens is 3. The average molecular weight is 1170 g/mol. The third kappa shape index (κ3) is 11.0. The van der Waals surface area contributed by atoms with Crippen molar-refractivity contribution >= 4 is 137 Å². The molecule has 0 radical (unpaired) electrons. The fourth-order valence-corrected chi connectivity index (χ4v) is 11.5. The van der Waals surface area contributed by atoms with Crippen LogP contribution in [-0.4, -0.2) is 55.3 Å². The summed E-state index contributed by atoms with van der Waals surface area (Å²) >= 11 is 22.6. The molecule has 16 nitrogen and oxygen atoms in total. The molecule has 5 aromatic carbocycles. The number of halogens is 10. The van der Waals surface area contributed by atoms with E-state index in [2.05, 4.69) is 24.9 Å². The number of hydrogen-bond donors (Lipinski definition) is 7. The molecule has 386 valence electrons. The molecule has 5 aromatic heterocycles. The molecule has 10 rings (SSSR count). The van der Waals surface area contributed by atoms with E-state index in [1.807, 2.05) is 20.2 Å². The minimum absolute atomic E-state index is 0.0735. The molecular formula is C46H27Cl4F6N9O7S3. The van der Waals surface area contributed by atoms with E-state index in [4.69, 9.17) is 51.7 Å². The predicted octanol–water partition coefficient (Wildman–Crippen LogP) is 12.2. The summed E-state index contributed by atoms with van der Waals surface area (Å²) in [4.78, 5) is 15.5. The molecule has 0 saturated carbocycles. The summed E-state index contributed by atoms with van der Waals surface area (Å²) in [6, 6.07) is 18.2. The maximum absolute atomic E-state index is 13.9. The van der Waals surface area contributed by atoms with Gasteiger partial charge in [0.25, 0.3) is 30.1 Å². The summed E-state index contributed by atoms with van der Waals surface area (Å²) in [5.74, 6) is -5.77. The van der Waals surface area contributed by atoms with Gasteiger partial charge in [0.15, 0.2) is 0 Å². The van der Waals surface area contributed by atoms with Crippen LogP contribution in [0.4, 0.5) is 43.4 Å². The fourth-order valence-electron chi connectivity index (χ4n) is 7.15. The Balaban J connectivity index is 0.000000150. The maximum Gasteiger partial charge on any atom is 0.264 e. The number of pyridine rings is 2. The highest BCUT2D eigenvalue weighted by molar-refractivity contribution is 7.93. The lowest BCUT2D eigenvalue weighted by Gasteiger charge is -2.09. The van der Waals surface area contributed by atoms with Crippen LogP contribution in [-0.2, 0) is 30.1 Å². The summed E-state index contributed by atoms with van der Waals surface area (Å²) in [5.41, 5.74) is -0.227. The summed E-state index contributed by atoms with van der Waals surface area (Å²) in [6.07, 6.45) is 3.55. The van der Waals surface area contributed by atoms with Crippen LogP contribution >= 0.6 is 46.4 Å². The maximum atomic E-state index is 13.9. The highest BCUT2D eigenvalue weighted by atomic mass is 35.5. The van der Waals surface area contributed by atoms with Gasteiger partial charge in [-0.1, -0.05) is 58.5 Å². The number of aromatic amines is 3. The Morgan fingerprint density at radius 1 is 0.533 bits per heavy atom. The van der Waals surface area contributed by atoms with Crippen molar-refractivity contribution in [2.75, 3.05) is 14.2 Å². The molecule has 0 fully saturated rings. The molecule has 10 aromatic rings. The lowest BCUT2D eigenvalue weighted by atomic mass is 10.1. The van der Waals surface area contributed by atoms with E-state index >= 15 is 0 Å². The van der Waals surface area contributed by atoms with Gasteiger partial charge in [0.1, 0.15) is 66.5 Å². The second-order valence-corrected chi connectivity index (χ2v) is 22.1. The lowest BCUT2D eigenvalue weighted by molar-refractivity contribution is 0.456. The van der Waals surface area contributed by atoms with Crippen molar-refractivity contribution < 1.29 is 56.7 Å². The second kappa shape index (κ2) is 20.7. The van der Waals surface area contributed by atoms with Gasteiger partial charge in [-0.05, 0) is 61.0 Å². The number of rotatable bonds is 9. The number of nitrogens with one attached hydrogen (secondary N) is 6. The van der Waals surface area contributed by atoms with Gasteiger partial charge in [0, 0.05) is 64.4 Å². The molecule has 0 saturated heterocycles. The number of fused-ring (bicyclic) bond motifs is 5. The van der Waals surface area contributed by atoms with Crippen LogP contribution < -0.4 is 14.2 Å². The summed E-state index contributed by atoms with van der Waals surface area (Å²) in [5, 5.41) is 19.6. The van der Waals surface area contributed by atoms with Crippen LogP contribution in [0.2, 0.25) is 20.2 Å². The van der Waals surface area contributed by atoms with Gasteiger partial charge in [-0.2, -0.15) is 5.26 Å². The molecule has 0 aliphatic heterocycles. The molecule has 75 heavy (non-hydrogen) atoms. The number of aromatic nitrogens is 5. The third-order valence-electron chi connectivity index (χ3n) is 10.7. The van der Waals surface area contributed by atoms with Crippen molar-refractivity contribution in [1.29, 1.82) is 5.26 Å². The van der Waals surface area contributed by atoms with Crippen LogP contribution in [0.1, 0.15) is 11.1 Å². The number of anilines is 3. The fraction of sp³-hybridized carbons (Fsp3) is 0.0217. The van der Waals surface area contributed by atoms with Gasteiger partial charge in [-0.3, -0.25) is 14.2 Å². The highest BCUT2D eigenvalue weighted by Crippen LogP contribution is 2.34. The number of sulfonamides is 3. The van der Waals surface area contributed by atoms with Crippen molar-refractivity contribution in [2.45, 2.75) is 21.6 Å². The first kappa shape index (κ1) is 53.8. The van der Waals surface area contributed by atoms with Crippen LogP contribution in [0, 0.1) is 53.2 Å². The van der Waals surface area contributed by atoms with Gasteiger partial charge >= 0.3 is 0 Å². The van der Waals surface area contributed by atoms with Crippen LogP contribution in [0.15, 0.2) is 118 Å². The number of aromatic hydroxyl groups is 1. The zero-order valence-electron chi connectivity index (χ0n) is 37.1. The minimum atomic E-state index is -4.27. The van der Waals surface area contributed by atoms with Crippen LogP contribution in [0.3, 0.4) is 0 Å². The van der Waals surface area contributed by atoms with Gasteiger partial charge < -0.3 is 20.1 Å². The van der Waals surface area contributed by atoms with Crippen molar-refractivity contribution in [3.8, 4) is 11.9 Å². The van der Waals surface area contributed by atoms with Crippen molar-refractivity contribution in [1.82, 2.24) is 24.9 Å². The standard InChI is InChI=1S/C17H10ClF2N3O3S.C15H7Cl2F2N3O2S.C14H10ClF2N3O2S/c18-10-5-12(20)13(6-11(10)19)23-27(25,26)14-7-21-17-9(14)3-1-8-2-4-15(24)22-16(8)17;16-9-2-1-7-14(6-21-15(7)8(9)5-20)25(23,24)22-13-4-11(18)10(17)3-12(13)19;1-7-4-10(17)11(5-9(7)16)20-23(21,22)12-6-18-14-8(12)2-3-13(15)19-14/h1-7,21,23H,(H,22,24);1-4,6,21-22H;2-6,20H,1H3,(H,18,19). The van der Waals surface area contributed by atoms with Crippen molar-refractivity contribution in [2.24, 2.45) is 0 Å². The van der Waals surface area contributed by atoms with E-state index in [0.29, 0.717) is 40.7 Å². The first-order valence-electron chi connectivity index (χ1n) is 20.5. The van der Waals surface area contributed by atoms with Crippen molar-refractivity contribution in [3.05, 3.63) is 170 Å². The number of nitriles is 1. The topological polar surface area (TPSA) is 256 Å². The first-order valence-corrected chi connectivity index (χ1v) is 26.5. The first-order chi connectivity index (χ1) is 35.3. The molecule has 0 unspecified atom stereocenters. The Kier molecular flexibility index (Phi) is 14.9. The van der Waals surface area contributed by atoms with Gasteiger partial charge in [-0.15, -0.1) is 0 Å². The molecule has 5 heterocycles. The Bertz CT molecular complexity index is 4370. The second-order valence-electron chi connectivity index (χ2n) is 15.6. The average Bonchev–Trinajstić information content (AvgIpc) is 4.11. The van der Waals surface area contributed by atoms with E-state index < -0.39 is 92.1 Å². The van der Waals surface area contributed by atoms with Crippen LogP contribution in [0.5, 0.6) is 5.88 Å². The minimum Gasteiger partial charge on any atom is -0.493 e. The molecule has 0 aliphatic carbocycles. The van der Waals surface area contributed by atoms with Gasteiger partial charge in [0.05, 0.1) is 54.2 Å². The van der Waals surface area contributed by atoms with E-state index in [9.17, 15) is 56.7 Å². The van der Waals surface area contributed by atoms with E-state index in [0.717, 1.165) is 18.3 Å². The Hall–Kier alpha value is -7.44. The normalized spacial score (nSPS) is 11.8. The van der Waals surface area contributed by atoms with Gasteiger partial charge in [-0.25, -0.2) is 61.6 Å². The molecule has 0 bridgehead atoms. The van der Waals surface area contributed by atoms with Crippen molar-refractivity contribution in [3.63, 3.8) is 0 Å². The molecule has 0 aliphatic rings. The number of benzene rings is 5.